The highest BCUT2D eigenvalue weighted by Crippen LogP contribution is 2.24. The molecule has 0 bridgehead atoms. The fourth-order valence-electron chi connectivity index (χ4n) is 1.63. The summed E-state index contributed by atoms with van der Waals surface area (Å²) in [6.45, 7) is 3.76. The lowest BCUT2D eigenvalue weighted by Crippen LogP contribution is -2.06. The largest absolute Gasteiger partial charge is 0.367 e. The molecule has 2 aromatic heterocycles. The van der Waals surface area contributed by atoms with Gasteiger partial charge in [0.05, 0.1) is 5.56 Å². The summed E-state index contributed by atoms with van der Waals surface area (Å²) >= 11 is 0. The number of H-pyrrole nitrogens is 1. The number of rotatable bonds is 2. The van der Waals surface area contributed by atoms with Gasteiger partial charge in [-0.3, -0.25) is 4.79 Å². The van der Waals surface area contributed by atoms with E-state index in [9.17, 15) is 4.79 Å². The van der Waals surface area contributed by atoms with Gasteiger partial charge in [0, 0.05) is 23.5 Å². The van der Waals surface area contributed by atoms with Crippen LogP contribution in [0.5, 0.6) is 0 Å². The highest BCUT2D eigenvalue weighted by molar-refractivity contribution is 5.66. The van der Waals surface area contributed by atoms with Gasteiger partial charge in [-0.2, -0.15) is 0 Å². The summed E-state index contributed by atoms with van der Waals surface area (Å²) in [6, 6.07) is 1.53. The second kappa shape index (κ2) is 3.84. The van der Waals surface area contributed by atoms with E-state index < -0.39 is 0 Å². The molecule has 0 radical (unpaired) electrons. The maximum atomic E-state index is 11.8. The summed E-state index contributed by atoms with van der Waals surface area (Å²) in [5.41, 5.74) is 8.14. The van der Waals surface area contributed by atoms with Gasteiger partial charge in [0.2, 0.25) is 5.88 Å². The number of nitrogens with zero attached hydrogens (tertiary/aromatic N) is 1. The molecule has 0 atom stereocenters. The molecule has 0 fully saturated rings. The van der Waals surface area contributed by atoms with Gasteiger partial charge in [0.15, 0.2) is 5.43 Å². The quantitative estimate of drug-likeness (QED) is 0.801. The van der Waals surface area contributed by atoms with Gasteiger partial charge in [-0.1, -0.05) is 12.1 Å². The summed E-state index contributed by atoms with van der Waals surface area (Å²) in [7, 11) is 0. The topological polar surface area (TPSA) is 84.9 Å². The molecule has 0 aliphatic carbocycles. The lowest BCUT2D eigenvalue weighted by atomic mass is 10.1. The maximum absolute atomic E-state index is 11.8. The highest BCUT2D eigenvalue weighted by Gasteiger charge is 2.16. The number of nitrogens with two attached hydrogens (primary N) is 1. The maximum Gasteiger partial charge on any atom is 0.225 e. The van der Waals surface area contributed by atoms with Crippen molar-refractivity contribution in [2.24, 2.45) is 0 Å². The number of hydrogen-bond donors (Lipinski definition) is 2. The van der Waals surface area contributed by atoms with Crippen LogP contribution in [-0.2, 0) is 6.42 Å². The fourth-order valence-corrected chi connectivity index (χ4v) is 1.63. The number of nitrogen functional groups attached to an aromatic ring is 1. The first-order valence-corrected chi connectivity index (χ1v) is 5.07. The molecule has 0 saturated heterocycles. The molecule has 2 rings (SSSR count). The average molecular weight is 219 g/mol. The third kappa shape index (κ3) is 1.60. The number of aryl methyl sites for hydroxylation is 1. The van der Waals surface area contributed by atoms with Crippen LogP contribution in [0.3, 0.4) is 0 Å². The summed E-state index contributed by atoms with van der Waals surface area (Å²) in [5, 5.41) is 3.83. The van der Waals surface area contributed by atoms with Crippen molar-refractivity contribution in [2.45, 2.75) is 20.3 Å². The van der Waals surface area contributed by atoms with E-state index in [1.807, 2.05) is 13.8 Å². The number of aromatic amines is 1. The standard InChI is InChI=1S/C11H13N3O2/c1-3-7-10(14-16-11(7)12)8-5-13-6(2)4-9(8)15/h4-5H,3,12H2,1-2H3,(H,13,15). The number of pyridine rings is 1. The van der Waals surface area contributed by atoms with E-state index in [4.69, 9.17) is 10.3 Å². The van der Waals surface area contributed by atoms with Crippen molar-refractivity contribution in [1.29, 1.82) is 0 Å². The van der Waals surface area contributed by atoms with E-state index in [2.05, 4.69) is 10.1 Å². The van der Waals surface area contributed by atoms with E-state index in [1.54, 1.807) is 6.20 Å². The van der Waals surface area contributed by atoms with Crippen molar-refractivity contribution in [1.82, 2.24) is 10.1 Å². The summed E-state index contributed by atoms with van der Waals surface area (Å²) < 4.78 is 4.90. The summed E-state index contributed by atoms with van der Waals surface area (Å²) in [6.07, 6.45) is 2.31. The predicted octanol–water partition coefficient (Wildman–Crippen LogP) is 1.48. The third-order valence-corrected chi connectivity index (χ3v) is 2.48. The Hall–Kier alpha value is -2.04. The Kier molecular flexibility index (Phi) is 2.52. The average Bonchev–Trinajstić information content (AvgIpc) is 2.59. The van der Waals surface area contributed by atoms with Gasteiger partial charge in [-0.05, 0) is 13.3 Å². The molecule has 0 amide bonds. The number of hydrogen-bond acceptors (Lipinski definition) is 4. The molecule has 0 saturated carbocycles. The van der Waals surface area contributed by atoms with Crippen LogP contribution >= 0.6 is 0 Å². The lowest BCUT2D eigenvalue weighted by Gasteiger charge is -1.99. The van der Waals surface area contributed by atoms with Crippen LogP contribution in [0.25, 0.3) is 11.3 Å². The number of anilines is 1. The minimum atomic E-state index is -0.0840. The van der Waals surface area contributed by atoms with Crippen LogP contribution in [-0.4, -0.2) is 10.1 Å². The zero-order valence-electron chi connectivity index (χ0n) is 9.20. The fraction of sp³-hybridized carbons (Fsp3) is 0.273. The first-order valence-electron chi connectivity index (χ1n) is 5.07. The van der Waals surface area contributed by atoms with Gasteiger partial charge in [0.25, 0.3) is 0 Å². The molecular weight excluding hydrogens is 206 g/mol. The Labute approximate surface area is 92.3 Å². The van der Waals surface area contributed by atoms with Gasteiger partial charge in [0.1, 0.15) is 5.69 Å². The molecule has 0 aliphatic heterocycles. The number of nitrogens with one attached hydrogen (secondary N) is 1. The minimum Gasteiger partial charge on any atom is -0.367 e. The van der Waals surface area contributed by atoms with Crippen LogP contribution < -0.4 is 11.2 Å². The van der Waals surface area contributed by atoms with Gasteiger partial charge in [-0.25, -0.2) is 0 Å². The Morgan fingerprint density at radius 2 is 2.31 bits per heavy atom. The predicted molar refractivity (Wildman–Crippen MR) is 61.1 cm³/mol. The van der Waals surface area contributed by atoms with E-state index in [0.29, 0.717) is 17.7 Å². The molecule has 0 aliphatic rings. The normalized spacial score (nSPS) is 10.6. The number of aromatic nitrogens is 2. The molecule has 3 N–H and O–H groups in total. The van der Waals surface area contributed by atoms with E-state index in [1.165, 1.54) is 6.07 Å². The van der Waals surface area contributed by atoms with E-state index in [-0.39, 0.29) is 11.3 Å². The van der Waals surface area contributed by atoms with Crippen molar-refractivity contribution >= 4 is 5.88 Å². The SMILES string of the molecule is CCc1c(-c2c[nH]c(C)cc2=O)noc1N. The van der Waals surface area contributed by atoms with Crippen molar-refractivity contribution in [3.63, 3.8) is 0 Å². The zero-order chi connectivity index (χ0) is 11.7. The van der Waals surface area contributed by atoms with Gasteiger partial charge >= 0.3 is 0 Å². The van der Waals surface area contributed by atoms with E-state index >= 15 is 0 Å². The molecule has 0 spiro atoms. The van der Waals surface area contributed by atoms with Crippen LogP contribution in [0.15, 0.2) is 21.6 Å². The van der Waals surface area contributed by atoms with E-state index in [0.717, 1.165) is 11.3 Å². The molecule has 0 unspecified atom stereocenters. The molecule has 2 aromatic rings. The van der Waals surface area contributed by atoms with Crippen LogP contribution in [0.1, 0.15) is 18.2 Å². The molecule has 84 valence electrons. The monoisotopic (exact) mass is 219 g/mol. The first-order chi connectivity index (χ1) is 7.63. The van der Waals surface area contributed by atoms with Crippen LogP contribution in [0.2, 0.25) is 0 Å². The molecule has 16 heavy (non-hydrogen) atoms. The second-order valence-corrected chi connectivity index (χ2v) is 3.62. The second-order valence-electron chi connectivity index (χ2n) is 3.62. The Bertz CT molecular complexity index is 569. The first kappa shape index (κ1) is 10.5. The Morgan fingerprint density at radius 1 is 1.56 bits per heavy atom. The van der Waals surface area contributed by atoms with Crippen molar-refractivity contribution in [3.8, 4) is 11.3 Å². The minimum absolute atomic E-state index is 0.0840. The Morgan fingerprint density at radius 3 is 2.94 bits per heavy atom. The Balaban J connectivity index is 2.63. The van der Waals surface area contributed by atoms with Crippen molar-refractivity contribution in [2.75, 3.05) is 5.73 Å². The highest BCUT2D eigenvalue weighted by atomic mass is 16.5. The molecule has 5 heteroatoms. The van der Waals surface area contributed by atoms with Gasteiger partial charge in [-0.15, -0.1) is 0 Å². The summed E-state index contributed by atoms with van der Waals surface area (Å²) in [4.78, 5) is 14.8. The van der Waals surface area contributed by atoms with Crippen molar-refractivity contribution in [3.05, 3.63) is 33.7 Å². The molecule has 5 nitrogen and oxygen atoms in total. The molecule has 0 aromatic carbocycles. The molecular formula is C11H13N3O2. The smallest absolute Gasteiger partial charge is 0.225 e. The summed E-state index contributed by atoms with van der Waals surface area (Å²) in [5.74, 6) is 0.275. The van der Waals surface area contributed by atoms with Gasteiger partial charge < -0.3 is 15.2 Å². The molecule has 2 heterocycles. The van der Waals surface area contributed by atoms with Crippen molar-refractivity contribution < 1.29 is 4.52 Å². The third-order valence-electron chi connectivity index (χ3n) is 2.48. The van der Waals surface area contributed by atoms with Crippen LogP contribution in [0.4, 0.5) is 5.88 Å². The van der Waals surface area contributed by atoms with Crippen LogP contribution in [0, 0.1) is 6.92 Å². The zero-order valence-corrected chi connectivity index (χ0v) is 9.20. The lowest BCUT2D eigenvalue weighted by molar-refractivity contribution is 0.438.